The topological polar surface area (TPSA) is 3.24 Å². The minimum Gasteiger partial charge on any atom is -0.310 e. The second kappa shape index (κ2) is 9.45. The molecule has 7 aromatic carbocycles. The van der Waals surface area contributed by atoms with Crippen LogP contribution in [0.3, 0.4) is 0 Å². The molecule has 0 amide bonds. The Morgan fingerprint density at radius 2 is 1.13 bits per heavy atom. The second-order valence-electron chi connectivity index (χ2n) is 10.4. The SMILES string of the molecule is CC(=Cc1ccc(N(c2ccc(C)cc2)c2ccc3ccc4cccc5ccc2c3c45)cc1)c1ccccc1. The summed E-state index contributed by atoms with van der Waals surface area (Å²) in [6.07, 6.45) is 2.26. The van der Waals surface area contributed by atoms with Gasteiger partial charge in [0.05, 0.1) is 5.69 Å². The van der Waals surface area contributed by atoms with Crippen molar-refractivity contribution in [3.63, 3.8) is 0 Å². The molecule has 1 nitrogen and oxygen atoms in total. The molecule has 7 aromatic rings. The van der Waals surface area contributed by atoms with E-state index in [4.69, 9.17) is 0 Å². The second-order valence-corrected chi connectivity index (χ2v) is 10.4. The van der Waals surface area contributed by atoms with Crippen molar-refractivity contribution >= 4 is 61.0 Å². The zero-order valence-corrected chi connectivity index (χ0v) is 22.2. The fourth-order valence-corrected chi connectivity index (χ4v) is 5.79. The summed E-state index contributed by atoms with van der Waals surface area (Å²) in [5.74, 6) is 0. The summed E-state index contributed by atoms with van der Waals surface area (Å²) in [4.78, 5) is 2.39. The Balaban J connectivity index is 1.39. The number of hydrogen-bond acceptors (Lipinski definition) is 1. The molecule has 0 bridgehead atoms. The standard InChI is InChI=1S/C38H29N/c1-26-11-19-33(20-12-26)39(34-21-13-28(14-22-34)25-27(2)29-7-4-3-5-8-29)36-24-18-32-16-15-30-9-6-10-31-17-23-35(36)38(32)37(30)31/h3-25H,1-2H3. The molecule has 0 atom stereocenters. The van der Waals surface area contributed by atoms with Crippen LogP contribution in [-0.2, 0) is 0 Å². The van der Waals surface area contributed by atoms with Crippen LogP contribution in [0.5, 0.6) is 0 Å². The maximum absolute atomic E-state index is 2.39. The van der Waals surface area contributed by atoms with Crippen molar-refractivity contribution in [3.8, 4) is 0 Å². The number of nitrogens with zero attached hydrogens (tertiary/aromatic N) is 1. The highest BCUT2D eigenvalue weighted by Gasteiger charge is 2.18. The Morgan fingerprint density at radius 1 is 0.538 bits per heavy atom. The lowest BCUT2D eigenvalue weighted by molar-refractivity contribution is 1.29. The summed E-state index contributed by atoms with van der Waals surface area (Å²) >= 11 is 0. The van der Waals surface area contributed by atoms with Gasteiger partial charge in [-0.1, -0.05) is 115 Å². The smallest absolute Gasteiger partial charge is 0.0540 e. The molecule has 0 saturated heterocycles. The van der Waals surface area contributed by atoms with Crippen LogP contribution in [0.15, 0.2) is 133 Å². The zero-order valence-electron chi connectivity index (χ0n) is 22.2. The average molecular weight is 500 g/mol. The van der Waals surface area contributed by atoms with Crippen LogP contribution < -0.4 is 4.90 Å². The molecule has 0 aromatic heterocycles. The van der Waals surface area contributed by atoms with E-state index in [-0.39, 0.29) is 0 Å². The van der Waals surface area contributed by atoms with E-state index in [1.54, 1.807) is 0 Å². The fraction of sp³-hybridized carbons (Fsp3) is 0.0526. The van der Waals surface area contributed by atoms with Crippen LogP contribution in [0.4, 0.5) is 17.1 Å². The summed E-state index contributed by atoms with van der Waals surface area (Å²) in [7, 11) is 0. The third-order valence-corrected chi connectivity index (χ3v) is 7.80. The summed E-state index contributed by atoms with van der Waals surface area (Å²) in [6, 6.07) is 48.5. The molecule has 0 aliphatic heterocycles. The molecule has 186 valence electrons. The fourth-order valence-electron chi connectivity index (χ4n) is 5.79. The van der Waals surface area contributed by atoms with Crippen LogP contribution in [-0.4, -0.2) is 0 Å². The summed E-state index contributed by atoms with van der Waals surface area (Å²) in [5.41, 5.74) is 8.43. The number of rotatable bonds is 5. The van der Waals surface area contributed by atoms with Crippen molar-refractivity contribution in [3.05, 3.63) is 150 Å². The first kappa shape index (κ1) is 23.3. The van der Waals surface area contributed by atoms with Gasteiger partial charge in [-0.25, -0.2) is 0 Å². The quantitative estimate of drug-likeness (QED) is 0.168. The molecule has 7 rings (SSSR count). The van der Waals surface area contributed by atoms with E-state index in [1.165, 1.54) is 60.3 Å². The van der Waals surface area contributed by atoms with Crippen molar-refractivity contribution in [2.75, 3.05) is 4.90 Å². The van der Waals surface area contributed by atoms with E-state index in [1.807, 2.05) is 0 Å². The van der Waals surface area contributed by atoms with E-state index in [0.29, 0.717) is 0 Å². The lowest BCUT2D eigenvalue weighted by Crippen LogP contribution is -2.10. The predicted molar refractivity (Wildman–Crippen MR) is 170 cm³/mol. The van der Waals surface area contributed by atoms with Gasteiger partial charge in [-0.2, -0.15) is 0 Å². The third kappa shape index (κ3) is 4.13. The number of anilines is 3. The van der Waals surface area contributed by atoms with Crippen LogP contribution in [0.2, 0.25) is 0 Å². The average Bonchev–Trinajstić information content (AvgIpc) is 2.99. The molecule has 39 heavy (non-hydrogen) atoms. The molecular weight excluding hydrogens is 470 g/mol. The highest BCUT2D eigenvalue weighted by atomic mass is 15.1. The molecule has 0 fully saturated rings. The van der Waals surface area contributed by atoms with Gasteiger partial charge in [0, 0.05) is 16.8 Å². The van der Waals surface area contributed by atoms with Gasteiger partial charge >= 0.3 is 0 Å². The van der Waals surface area contributed by atoms with Crippen LogP contribution in [0, 0.1) is 6.92 Å². The first-order valence-electron chi connectivity index (χ1n) is 13.5. The molecule has 0 N–H and O–H groups in total. The van der Waals surface area contributed by atoms with Crippen molar-refractivity contribution in [2.24, 2.45) is 0 Å². The Kier molecular flexibility index (Phi) is 5.64. The molecular formula is C38H29N. The Morgan fingerprint density at radius 3 is 1.82 bits per heavy atom. The monoisotopic (exact) mass is 499 g/mol. The molecule has 0 aliphatic rings. The highest BCUT2D eigenvalue weighted by Crippen LogP contribution is 2.43. The zero-order chi connectivity index (χ0) is 26.3. The molecule has 0 spiro atoms. The Hall–Kier alpha value is -4.88. The van der Waals surface area contributed by atoms with Gasteiger partial charge in [0.25, 0.3) is 0 Å². The van der Waals surface area contributed by atoms with E-state index in [0.717, 1.165) is 11.4 Å². The van der Waals surface area contributed by atoms with E-state index >= 15 is 0 Å². The van der Waals surface area contributed by atoms with Crippen molar-refractivity contribution in [2.45, 2.75) is 13.8 Å². The van der Waals surface area contributed by atoms with Gasteiger partial charge in [0.1, 0.15) is 0 Å². The summed E-state index contributed by atoms with van der Waals surface area (Å²) < 4.78 is 0. The number of hydrogen-bond donors (Lipinski definition) is 0. The lowest BCUT2D eigenvalue weighted by atomic mass is 9.93. The molecule has 0 saturated carbocycles. The Bertz CT molecular complexity index is 1930. The summed E-state index contributed by atoms with van der Waals surface area (Å²) in [6.45, 7) is 4.31. The minimum atomic E-state index is 1.14. The van der Waals surface area contributed by atoms with Crippen molar-refractivity contribution < 1.29 is 0 Å². The summed E-state index contributed by atoms with van der Waals surface area (Å²) in [5, 5.41) is 7.79. The van der Waals surface area contributed by atoms with Crippen molar-refractivity contribution in [1.29, 1.82) is 0 Å². The maximum atomic E-state index is 2.39. The largest absolute Gasteiger partial charge is 0.310 e. The van der Waals surface area contributed by atoms with Crippen molar-refractivity contribution in [1.82, 2.24) is 0 Å². The van der Waals surface area contributed by atoms with Gasteiger partial charge in [-0.05, 0) is 87.8 Å². The van der Waals surface area contributed by atoms with Gasteiger partial charge < -0.3 is 4.90 Å². The molecule has 0 aliphatic carbocycles. The van der Waals surface area contributed by atoms with Gasteiger partial charge in [0.15, 0.2) is 0 Å². The minimum absolute atomic E-state index is 1.14. The van der Waals surface area contributed by atoms with Crippen LogP contribution >= 0.6 is 0 Å². The van der Waals surface area contributed by atoms with E-state index < -0.39 is 0 Å². The molecule has 0 radical (unpaired) electrons. The predicted octanol–water partition coefficient (Wildman–Crippen LogP) is 10.9. The van der Waals surface area contributed by atoms with Crippen LogP contribution in [0.1, 0.15) is 23.6 Å². The number of benzene rings is 7. The number of aryl methyl sites for hydroxylation is 1. The Labute approximate surface area is 229 Å². The van der Waals surface area contributed by atoms with Gasteiger partial charge in [-0.15, -0.1) is 0 Å². The third-order valence-electron chi connectivity index (χ3n) is 7.80. The molecule has 1 heteroatoms. The first-order chi connectivity index (χ1) is 19.2. The van der Waals surface area contributed by atoms with Gasteiger partial charge in [-0.3, -0.25) is 0 Å². The number of allylic oxidation sites excluding steroid dienone is 1. The van der Waals surface area contributed by atoms with Crippen LogP contribution in [0.25, 0.3) is 44.0 Å². The maximum Gasteiger partial charge on any atom is 0.0540 e. The molecule has 0 unspecified atom stereocenters. The first-order valence-corrected chi connectivity index (χ1v) is 13.5. The van der Waals surface area contributed by atoms with Gasteiger partial charge in [0.2, 0.25) is 0 Å². The molecule has 0 heterocycles. The van der Waals surface area contributed by atoms with E-state index in [2.05, 4.69) is 158 Å². The highest BCUT2D eigenvalue weighted by molar-refractivity contribution is 6.25. The lowest BCUT2D eigenvalue weighted by Gasteiger charge is -2.28. The van der Waals surface area contributed by atoms with E-state index in [9.17, 15) is 0 Å². The normalized spacial score (nSPS) is 12.0.